The van der Waals surface area contributed by atoms with Gasteiger partial charge in [-0.2, -0.15) is 0 Å². The second kappa shape index (κ2) is 12.4. The van der Waals surface area contributed by atoms with Crippen molar-refractivity contribution in [3.8, 4) is 11.5 Å². The molecule has 0 saturated carbocycles. The van der Waals surface area contributed by atoms with Crippen LogP contribution in [-0.4, -0.2) is 47.7 Å². The van der Waals surface area contributed by atoms with Crippen LogP contribution in [0.1, 0.15) is 43.0 Å². The Morgan fingerprint density at radius 2 is 0.864 bits per heavy atom. The molecule has 0 bridgehead atoms. The van der Waals surface area contributed by atoms with Gasteiger partial charge in [-0.15, -0.1) is 0 Å². The van der Waals surface area contributed by atoms with Gasteiger partial charge < -0.3 is 30.0 Å². The third-order valence-corrected chi connectivity index (χ3v) is 8.38. The molecule has 216 valence electrons. The van der Waals surface area contributed by atoms with Gasteiger partial charge in [0.15, 0.2) is 0 Å². The van der Waals surface area contributed by atoms with Crippen molar-refractivity contribution in [3.63, 3.8) is 0 Å². The van der Waals surface area contributed by atoms with E-state index in [9.17, 15) is 45.7 Å². The van der Waals surface area contributed by atoms with Gasteiger partial charge >= 0.3 is 37.7 Å². The summed E-state index contributed by atoms with van der Waals surface area (Å²) in [6, 6.07) is 12.4. The Balaban J connectivity index is 0.00000264. The van der Waals surface area contributed by atoms with E-state index in [-0.39, 0.29) is 60.5 Å². The molecule has 12 nitrogen and oxygen atoms in total. The molecular formula is C28H20Li2N2O10S2. The quantitative estimate of drug-likeness (QED) is 0.0902. The number of rotatable bonds is 6. The zero-order valence-electron chi connectivity index (χ0n) is 23.8. The van der Waals surface area contributed by atoms with Crippen molar-refractivity contribution in [3.05, 3.63) is 94.0 Å². The number of ketones is 2. The molecule has 5 rings (SSSR count). The summed E-state index contributed by atoms with van der Waals surface area (Å²) in [4.78, 5) is 26.4. The summed E-state index contributed by atoms with van der Waals surface area (Å²) < 4.78 is 71.4. The predicted octanol–water partition coefficient (Wildman–Crippen LogP) is -2.21. The molecule has 4 aromatic carbocycles. The number of phenolic OH excluding ortho intramolecular Hbond substituents is 2. The number of benzene rings is 4. The summed E-state index contributed by atoms with van der Waals surface area (Å²) in [6.07, 6.45) is 0. The molecule has 0 atom stereocenters. The maximum absolute atomic E-state index is 13.8. The number of anilines is 4. The first-order valence-electron chi connectivity index (χ1n) is 12.1. The van der Waals surface area contributed by atoms with Crippen LogP contribution in [0.25, 0.3) is 0 Å². The summed E-state index contributed by atoms with van der Waals surface area (Å²) in [7, 11) is -9.93. The van der Waals surface area contributed by atoms with Crippen LogP contribution < -0.4 is 48.4 Å². The summed E-state index contributed by atoms with van der Waals surface area (Å²) >= 11 is 0. The molecule has 16 heteroatoms. The monoisotopic (exact) mass is 622 g/mol. The van der Waals surface area contributed by atoms with Crippen LogP contribution in [0.4, 0.5) is 22.7 Å². The van der Waals surface area contributed by atoms with Crippen LogP contribution in [0.3, 0.4) is 0 Å². The van der Waals surface area contributed by atoms with E-state index in [1.165, 1.54) is 36.4 Å². The van der Waals surface area contributed by atoms with Crippen LogP contribution in [0.5, 0.6) is 11.5 Å². The fourth-order valence-corrected chi connectivity index (χ4v) is 6.18. The van der Waals surface area contributed by atoms with Crippen molar-refractivity contribution in [1.29, 1.82) is 0 Å². The van der Waals surface area contributed by atoms with E-state index in [2.05, 4.69) is 10.6 Å². The third-order valence-electron chi connectivity index (χ3n) is 6.63. The van der Waals surface area contributed by atoms with Gasteiger partial charge in [-0.05, 0) is 73.5 Å². The smallest absolute Gasteiger partial charge is 0.744 e. The van der Waals surface area contributed by atoms with Crippen molar-refractivity contribution in [1.82, 2.24) is 0 Å². The number of aromatic hydroxyl groups is 2. The van der Waals surface area contributed by atoms with E-state index in [0.717, 1.165) is 24.3 Å². The Morgan fingerprint density at radius 1 is 0.545 bits per heavy atom. The second-order valence-electron chi connectivity index (χ2n) is 9.58. The van der Waals surface area contributed by atoms with E-state index >= 15 is 0 Å². The van der Waals surface area contributed by atoms with Gasteiger partial charge in [-0.25, -0.2) is 16.8 Å². The molecule has 0 aromatic heterocycles. The van der Waals surface area contributed by atoms with Crippen molar-refractivity contribution >= 4 is 54.6 Å². The summed E-state index contributed by atoms with van der Waals surface area (Å²) in [5.74, 6) is -3.13. The molecule has 0 spiro atoms. The standard InChI is InChI=1S/C28H22N2O10S2.2Li/c1-13-3-5-15(21(11-13)41(35,36)37)29-17-7-9-19(31)25-23(17)27(33)26-20(32)10-8-18(24(26)28(25)34)30-16-6-4-14(2)12-22(16)42(38,39)40;;/h3-12,29-32H,1-2H3,(H,35,36,37)(H,38,39,40);;/q;2*+1/p-2. The molecule has 0 fully saturated rings. The van der Waals surface area contributed by atoms with Crippen molar-refractivity contribution in [2.75, 3.05) is 10.6 Å². The van der Waals surface area contributed by atoms with Gasteiger partial charge in [0, 0.05) is 0 Å². The Bertz CT molecular complexity index is 1930. The number of carbonyl (C=O) groups is 2. The van der Waals surface area contributed by atoms with Gasteiger partial charge in [-0.3, -0.25) is 9.59 Å². The molecule has 4 aromatic rings. The minimum Gasteiger partial charge on any atom is -0.744 e. The maximum Gasteiger partial charge on any atom is 1.00 e. The minimum atomic E-state index is -4.96. The van der Waals surface area contributed by atoms with E-state index in [1.54, 1.807) is 13.8 Å². The number of hydrogen-bond donors (Lipinski definition) is 4. The van der Waals surface area contributed by atoms with E-state index in [4.69, 9.17) is 0 Å². The predicted molar refractivity (Wildman–Crippen MR) is 148 cm³/mol. The SMILES string of the molecule is Cc1ccc(Nc2ccc(O)c3c2C(=O)c2c(O)ccc(Nc4ccc(C)cc4S(=O)(=O)[O-])c2C3=O)c(S(=O)(=O)[O-])c1.[Li+].[Li+]. The molecule has 0 aliphatic heterocycles. The Labute approximate surface area is 276 Å². The van der Waals surface area contributed by atoms with Crippen molar-refractivity contribution in [2.24, 2.45) is 0 Å². The molecule has 4 N–H and O–H groups in total. The number of fused-ring (bicyclic) bond motifs is 2. The number of nitrogens with one attached hydrogen (secondary N) is 2. The van der Waals surface area contributed by atoms with Crippen LogP contribution in [0.15, 0.2) is 70.5 Å². The Kier molecular flexibility index (Phi) is 9.87. The van der Waals surface area contributed by atoms with Gasteiger partial charge in [-0.1, -0.05) is 12.1 Å². The fourth-order valence-electron chi connectivity index (χ4n) is 4.74. The second-order valence-corrected chi connectivity index (χ2v) is 12.3. The first-order chi connectivity index (χ1) is 19.6. The third kappa shape index (κ3) is 6.30. The van der Waals surface area contributed by atoms with Crippen LogP contribution >= 0.6 is 0 Å². The number of hydrogen-bond acceptors (Lipinski definition) is 12. The zero-order chi connectivity index (χ0) is 30.7. The zero-order valence-corrected chi connectivity index (χ0v) is 25.4. The average Bonchev–Trinajstić information content (AvgIpc) is 2.89. The molecule has 1 aliphatic carbocycles. The van der Waals surface area contributed by atoms with Gasteiger partial charge in [0.25, 0.3) is 0 Å². The van der Waals surface area contributed by atoms with Crippen LogP contribution in [0, 0.1) is 13.8 Å². The molecule has 0 unspecified atom stereocenters. The molecule has 0 radical (unpaired) electrons. The van der Waals surface area contributed by atoms with Crippen molar-refractivity contribution in [2.45, 2.75) is 23.6 Å². The Hall–Kier alpha value is -3.57. The van der Waals surface area contributed by atoms with Crippen LogP contribution in [0.2, 0.25) is 0 Å². The summed E-state index contributed by atoms with van der Waals surface area (Å²) in [5, 5.41) is 26.7. The topological polar surface area (TPSA) is 213 Å². The first-order valence-corrected chi connectivity index (χ1v) is 14.9. The molecule has 0 heterocycles. The normalized spacial score (nSPS) is 12.4. The summed E-state index contributed by atoms with van der Waals surface area (Å²) in [6.45, 7) is 3.14. The average molecular weight is 622 g/mol. The maximum atomic E-state index is 13.8. The first kappa shape index (κ1) is 34.9. The molecule has 1 aliphatic rings. The summed E-state index contributed by atoms with van der Waals surface area (Å²) in [5.41, 5.74) is -1.55. The van der Waals surface area contributed by atoms with Gasteiger partial charge in [0.2, 0.25) is 11.6 Å². The van der Waals surface area contributed by atoms with E-state index in [1.807, 2.05) is 0 Å². The largest absolute Gasteiger partial charge is 1.00 e. The fraction of sp³-hybridized carbons (Fsp3) is 0.0714. The van der Waals surface area contributed by atoms with Crippen molar-refractivity contribution < 1.29 is 83.5 Å². The van der Waals surface area contributed by atoms with Gasteiger partial charge in [0.05, 0.1) is 54.8 Å². The molecule has 0 saturated heterocycles. The minimum absolute atomic E-state index is 0. The molecular weight excluding hydrogens is 602 g/mol. The van der Waals surface area contributed by atoms with E-state index < -0.39 is 75.3 Å². The van der Waals surface area contributed by atoms with Gasteiger partial charge in [0.1, 0.15) is 31.7 Å². The Morgan fingerprint density at radius 3 is 1.18 bits per heavy atom. The number of aryl methyl sites for hydroxylation is 2. The molecule has 44 heavy (non-hydrogen) atoms. The van der Waals surface area contributed by atoms with Crippen LogP contribution in [-0.2, 0) is 20.2 Å². The number of phenols is 2. The van der Waals surface area contributed by atoms with E-state index in [0.29, 0.717) is 11.1 Å². The number of carbonyl (C=O) groups excluding carboxylic acids is 2. The molecule has 0 amide bonds.